The number of anilines is 1. The van der Waals surface area contributed by atoms with Crippen LogP contribution in [0.15, 0.2) is 23.1 Å². The summed E-state index contributed by atoms with van der Waals surface area (Å²) in [5.41, 5.74) is -0.0250. The van der Waals surface area contributed by atoms with E-state index in [-0.39, 0.29) is 35.1 Å². The van der Waals surface area contributed by atoms with Crippen LogP contribution in [0.1, 0.15) is 19.8 Å². The van der Waals surface area contributed by atoms with Crippen LogP contribution in [0.3, 0.4) is 0 Å². The molecular formula is C15H22N2O7S2. The van der Waals surface area contributed by atoms with Gasteiger partial charge in [-0.2, -0.15) is 0 Å². The van der Waals surface area contributed by atoms with Crippen molar-refractivity contribution < 1.29 is 31.1 Å². The first-order chi connectivity index (χ1) is 12.2. The van der Waals surface area contributed by atoms with Gasteiger partial charge in [0.25, 0.3) is 0 Å². The van der Waals surface area contributed by atoms with Crippen molar-refractivity contribution in [2.45, 2.75) is 24.7 Å². The van der Waals surface area contributed by atoms with E-state index in [1.165, 1.54) is 19.2 Å². The third kappa shape index (κ3) is 4.53. The average molecular weight is 406 g/mol. The minimum absolute atomic E-state index is 0.0250. The number of nitrogens with zero attached hydrogens (tertiary/aromatic N) is 1. The summed E-state index contributed by atoms with van der Waals surface area (Å²) in [5.74, 6) is -0.839. The van der Waals surface area contributed by atoms with E-state index >= 15 is 0 Å². The maximum absolute atomic E-state index is 12.6. The number of methoxy groups -OCH3 is 1. The van der Waals surface area contributed by atoms with Crippen LogP contribution in [0.25, 0.3) is 0 Å². The lowest BCUT2D eigenvalue weighted by Gasteiger charge is -2.18. The third-order valence-electron chi connectivity index (χ3n) is 3.71. The van der Waals surface area contributed by atoms with Gasteiger partial charge < -0.3 is 9.47 Å². The minimum Gasteiger partial charge on any atom is -0.495 e. The van der Waals surface area contributed by atoms with Gasteiger partial charge in [0.1, 0.15) is 10.6 Å². The molecule has 11 heteroatoms. The van der Waals surface area contributed by atoms with Crippen LogP contribution in [0.2, 0.25) is 0 Å². The van der Waals surface area contributed by atoms with Gasteiger partial charge in [0, 0.05) is 26.2 Å². The van der Waals surface area contributed by atoms with Crippen molar-refractivity contribution >= 4 is 31.6 Å². The van der Waals surface area contributed by atoms with Gasteiger partial charge in [0.15, 0.2) is 0 Å². The number of hydrogen-bond donors (Lipinski definition) is 1. The highest BCUT2D eigenvalue weighted by Gasteiger charge is 2.37. The summed E-state index contributed by atoms with van der Waals surface area (Å²) in [6.07, 6.45) is 0.347. The Kier molecular flexibility index (Phi) is 6.61. The summed E-state index contributed by atoms with van der Waals surface area (Å²) in [6.45, 7) is 2.95. The molecule has 0 spiro atoms. The fourth-order valence-electron chi connectivity index (χ4n) is 2.47. The second-order valence-corrected chi connectivity index (χ2v) is 9.18. The molecule has 0 aromatic heterocycles. The van der Waals surface area contributed by atoms with Gasteiger partial charge in [-0.15, -0.1) is 0 Å². The van der Waals surface area contributed by atoms with Crippen LogP contribution >= 0.6 is 0 Å². The maximum atomic E-state index is 12.6. The lowest BCUT2D eigenvalue weighted by atomic mass is 10.3. The summed E-state index contributed by atoms with van der Waals surface area (Å²) in [5, 5.41) is 0. The number of nitrogens with one attached hydrogen (secondary N) is 1. The summed E-state index contributed by atoms with van der Waals surface area (Å²) in [6, 6.07) is 3.80. The Balaban J connectivity index is 2.31. The minimum atomic E-state index is -3.96. The highest BCUT2D eigenvalue weighted by molar-refractivity contribution is 7.94. The summed E-state index contributed by atoms with van der Waals surface area (Å²) in [7, 11) is -6.44. The van der Waals surface area contributed by atoms with Crippen LogP contribution in [0, 0.1) is 0 Å². The van der Waals surface area contributed by atoms with Crippen molar-refractivity contribution in [2.24, 2.45) is 0 Å². The summed E-state index contributed by atoms with van der Waals surface area (Å²) < 4.78 is 62.5. The molecule has 0 radical (unpaired) electrons. The molecule has 2 rings (SSSR count). The van der Waals surface area contributed by atoms with Gasteiger partial charge in [-0.1, -0.05) is 0 Å². The van der Waals surface area contributed by atoms with E-state index < -0.39 is 26.0 Å². The molecular weight excluding hydrogens is 384 g/mol. The molecule has 0 aliphatic carbocycles. The normalized spacial score (nSPS) is 16.8. The van der Waals surface area contributed by atoms with Crippen molar-refractivity contribution in [2.75, 3.05) is 36.9 Å². The molecule has 1 heterocycles. The maximum Gasteiger partial charge on any atom is 0.244 e. The molecule has 1 aliphatic rings. The van der Waals surface area contributed by atoms with Crippen LogP contribution in [0.5, 0.6) is 5.75 Å². The molecule has 1 aromatic rings. The Morgan fingerprint density at radius 1 is 1.31 bits per heavy atom. The predicted octanol–water partition coefficient (Wildman–Crippen LogP) is 0.467. The second-order valence-electron chi connectivity index (χ2n) is 5.51. The Labute approximate surface area is 153 Å². The molecule has 1 saturated heterocycles. The van der Waals surface area contributed by atoms with Gasteiger partial charge in [0.2, 0.25) is 26.0 Å². The first-order valence-electron chi connectivity index (χ1n) is 8.04. The molecule has 0 bridgehead atoms. The number of benzene rings is 1. The molecule has 1 fully saturated rings. The topological polar surface area (TPSA) is 119 Å². The van der Waals surface area contributed by atoms with Gasteiger partial charge in [-0.3, -0.25) is 4.79 Å². The second kappa shape index (κ2) is 8.33. The van der Waals surface area contributed by atoms with Crippen molar-refractivity contribution in [1.29, 1.82) is 0 Å². The fourth-order valence-corrected chi connectivity index (χ4v) is 5.19. The molecule has 1 aromatic carbocycles. The number of rotatable bonds is 9. The summed E-state index contributed by atoms with van der Waals surface area (Å²) in [4.78, 5) is 11.7. The Hall–Kier alpha value is -1.69. The number of ether oxygens (including phenoxy) is 2. The van der Waals surface area contributed by atoms with E-state index in [9.17, 15) is 21.6 Å². The van der Waals surface area contributed by atoms with Crippen LogP contribution in [0.4, 0.5) is 5.69 Å². The molecule has 146 valence electrons. The van der Waals surface area contributed by atoms with E-state index in [2.05, 4.69) is 4.72 Å². The van der Waals surface area contributed by atoms with E-state index in [1.54, 1.807) is 0 Å². The SMILES string of the molecule is CCOCCCNS(=O)(=O)c1cc(N2C(=O)CCS2(=O)=O)ccc1OC. The lowest BCUT2D eigenvalue weighted by molar-refractivity contribution is -0.116. The van der Waals surface area contributed by atoms with E-state index in [0.717, 1.165) is 6.07 Å². The van der Waals surface area contributed by atoms with Gasteiger partial charge in [-0.25, -0.2) is 25.9 Å². The monoisotopic (exact) mass is 406 g/mol. The Bertz CT molecular complexity index is 866. The lowest BCUT2D eigenvalue weighted by Crippen LogP contribution is -2.30. The van der Waals surface area contributed by atoms with Crippen LogP contribution in [-0.2, 0) is 29.6 Å². The van der Waals surface area contributed by atoms with Crippen molar-refractivity contribution in [3.05, 3.63) is 18.2 Å². The zero-order valence-corrected chi connectivity index (χ0v) is 16.2. The molecule has 1 N–H and O–H groups in total. The first-order valence-corrected chi connectivity index (χ1v) is 11.1. The van der Waals surface area contributed by atoms with Crippen LogP contribution in [-0.4, -0.2) is 55.4 Å². The van der Waals surface area contributed by atoms with Crippen molar-refractivity contribution in [3.63, 3.8) is 0 Å². The molecule has 1 aliphatic heterocycles. The fraction of sp³-hybridized carbons (Fsp3) is 0.533. The largest absolute Gasteiger partial charge is 0.495 e. The number of carbonyl (C=O) groups is 1. The third-order valence-corrected chi connectivity index (χ3v) is 6.88. The molecule has 1 amide bonds. The van der Waals surface area contributed by atoms with Crippen molar-refractivity contribution in [1.82, 2.24) is 4.72 Å². The smallest absolute Gasteiger partial charge is 0.244 e. The highest BCUT2D eigenvalue weighted by Crippen LogP contribution is 2.32. The predicted molar refractivity (Wildman–Crippen MR) is 95.2 cm³/mol. The van der Waals surface area contributed by atoms with Crippen molar-refractivity contribution in [3.8, 4) is 5.75 Å². The standard InChI is InChI=1S/C15H22N2O7S2/c1-3-24-9-4-8-16-26(21,22)14-11-12(5-6-13(14)23-2)17-15(18)7-10-25(17,19)20/h5-6,11,16H,3-4,7-10H2,1-2H3. The van der Waals surface area contributed by atoms with Gasteiger partial charge in [0.05, 0.1) is 18.6 Å². The number of sulfonamides is 2. The highest BCUT2D eigenvalue weighted by atomic mass is 32.2. The molecule has 9 nitrogen and oxygen atoms in total. The van der Waals surface area contributed by atoms with Gasteiger partial charge in [-0.05, 0) is 31.5 Å². The van der Waals surface area contributed by atoms with E-state index in [1.807, 2.05) is 6.92 Å². The molecule has 0 atom stereocenters. The van der Waals surface area contributed by atoms with E-state index in [0.29, 0.717) is 23.9 Å². The quantitative estimate of drug-likeness (QED) is 0.592. The number of carbonyl (C=O) groups excluding carboxylic acids is 1. The first kappa shape index (κ1) is 20.6. The Morgan fingerprint density at radius 3 is 2.62 bits per heavy atom. The number of amides is 1. The Morgan fingerprint density at radius 2 is 2.04 bits per heavy atom. The number of hydrogen-bond acceptors (Lipinski definition) is 7. The van der Waals surface area contributed by atoms with E-state index in [4.69, 9.17) is 9.47 Å². The summed E-state index contributed by atoms with van der Waals surface area (Å²) >= 11 is 0. The average Bonchev–Trinajstić information content (AvgIpc) is 2.87. The van der Waals surface area contributed by atoms with Gasteiger partial charge >= 0.3 is 0 Å². The molecule has 0 unspecified atom stereocenters. The zero-order valence-electron chi connectivity index (χ0n) is 14.6. The van der Waals surface area contributed by atoms with Crippen LogP contribution < -0.4 is 13.8 Å². The molecule has 0 saturated carbocycles. The zero-order chi connectivity index (χ0) is 19.4. The molecule has 26 heavy (non-hydrogen) atoms.